The van der Waals surface area contributed by atoms with Crippen LogP contribution in [0.15, 0.2) is 48.5 Å². The first-order chi connectivity index (χ1) is 12.0. The van der Waals surface area contributed by atoms with Crippen molar-refractivity contribution in [1.29, 1.82) is 0 Å². The number of ether oxygens (including phenoxy) is 1. The van der Waals surface area contributed by atoms with E-state index in [-0.39, 0.29) is 29.6 Å². The van der Waals surface area contributed by atoms with Crippen molar-refractivity contribution in [3.05, 3.63) is 64.2 Å². The second-order valence-electron chi connectivity index (χ2n) is 5.41. The summed E-state index contributed by atoms with van der Waals surface area (Å²) in [6.45, 7) is 0.0481. The highest BCUT2D eigenvalue weighted by Gasteiger charge is 2.33. The predicted molar refractivity (Wildman–Crippen MR) is 89.7 cm³/mol. The summed E-state index contributed by atoms with van der Waals surface area (Å²) >= 11 is 0. The van der Waals surface area contributed by atoms with Crippen molar-refractivity contribution in [2.75, 3.05) is 18.5 Å². The SMILES string of the molecule is CNC(=O)C1CN(C(=O)c2ccc([N+](=O)[O-])cc2)c2ccccc2O1. The number of hydrogen-bond donors (Lipinski definition) is 1. The number of nitrogens with one attached hydrogen (secondary N) is 1. The van der Waals surface area contributed by atoms with E-state index in [4.69, 9.17) is 4.74 Å². The van der Waals surface area contributed by atoms with Gasteiger partial charge in [-0.15, -0.1) is 0 Å². The number of benzene rings is 2. The highest BCUT2D eigenvalue weighted by molar-refractivity contribution is 6.08. The standard InChI is InChI=1S/C17H15N3O5/c1-18-16(21)15-10-19(13-4-2-3-5-14(13)25-15)17(22)11-6-8-12(9-7-11)20(23)24/h2-9,15H,10H2,1H3,(H,18,21). The van der Waals surface area contributed by atoms with E-state index in [1.54, 1.807) is 24.3 Å². The lowest BCUT2D eigenvalue weighted by atomic mass is 10.1. The van der Waals surface area contributed by atoms with Gasteiger partial charge in [0.25, 0.3) is 17.5 Å². The lowest BCUT2D eigenvalue weighted by molar-refractivity contribution is -0.384. The Hall–Kier alpha value is -3.42. The van der Waals surface area contributed by atoms with Crippen LogP contribution in [0.4, 0.5) is 11.4 Å². The summed E-state index contributed by atoms with van der Waals surface area (Å²) in [5, 5.41) is 13.3. The zero-order valence-corrected chi connectivity index (χ0v) is 13.3. The van der Waals surface area contributed by atoms with Gasteiger partial charge in [-0.05, 0) is 24.3 Å². The maximum atomic E-state index is 12.9. The number of non-ortho nitro benzene ring substituents is 1. The maximum Gasteiger partial charge on any atom is 0.269 e. The highest BCUT2D eigenvalue weighted by Crippen LogP contribution is 2.34. The molecule has 2 aromatic rings. The lowest BCUT2D eigenvalue weighted by Crippen LogP contribution is -2.50. The molecule has 0 aromatic heterocycles. The number of hydrogen-bond acceptors (Lipinski definition) is 5. The molecule has 128 valence electrons. The second-order valence-corrected chi connectivity index (χ2v) is 5.41. The monoisotopic (exact) mass is 341 g/mol. The Morgan fingerprint density at radius 2 is 1.88 bits per heavy atom. The quantitative estimate of drug-likeness (QED) is 0.677. The van der Waals surface area contributed by atoms with Crippen LogP contribution in [0.25, 0.3) is 0 Å². The van der Waals surface area contributed by atoms with Gasteiger partial charge in [-0.2, -0.15) is 0 Å². The molecule has 0 aliphatic carbocycles. The van der Waals surface area contributed by atoms with Gasteiger partial charge in [0.2, 0.25) is 0 Å². The van der Waals surface area contributed by atoms with E-state index in [0.717, 1.165) is 0 Å². The molecule has 1 N–H and O–H groups in total. The van der Waals surface area contributed by atoms with E-state index in [1.807, 2.05) is 0 Å². The van der Waals surface area contributed by atoms with E-state index in [1.165, 1.54) is 36.2 Å². The summed E-state index contributed by atoms with van der Waals surface area (Å²) in [4.78, 5) is 36.5. The topological polar surface area (TPSA) is 102 Å². The molecule has 0 fully saturated rings. The molecule has 0 bridgehead atoms. The van der Waals surface area contributed by atoms with Crippen LogP contribution in [0.3, 0.4) is 0 Å². The van der Waals surface area contributed by atoms with Crippen LogP contribution >= 0.6 is 0 Å². The Labute approximate surface area is 143 Å². The molecular weight excluding hydrogens is 326 g/mol. The minimum atomic E-state index is -0.832. The maximum absolute atomic E-state index is 12.9. The molecule has 0 saturated heterocycles. The Morgan fingerprint density at radius 1 is 1.20 bits per heavy atom. The van der Waals surface area contributed by atoms with Gasteiger partial charge in [0.1, 0.15) is 5.75 Å². The molecule has 1 atom stereocenters. The molecule has 1 aliphatic rings. The van der Waals surface area contributed by atoms with Crippen molar-refractivity contribution in [2.24, 2.45) is 0 Å². The van der Waals surface area contributed by atoms with Crippen molar-refractivity contribution in [2.45, 2.75) is 6.10 Å². The van der Waals surface area contributed by atoms with Gasteiger partial charge in [-0.3, -0.25) is 19.7 Å². The van der Waals surface area contributed by atoms with Gasteiger partial charge in [0, 0.05) is 24.7 Å². The van der Waals surface area contributed by atoms with Crippen molar-refractivity contribution in [3.63, 3.8) is 0 Å². The van der Waals surface area contributed by atoms with Crippen LogP contribution in [0.5, 0.6) is 5.75 Å². The number of likely N-dealkylation sites (N-methyl/N-ethyl adjacent to an activating group) is 1. The van der Waals surface area contributed by atoms with Gasteiger partial charge in [0.15, 0.2) is 6.10 Å². The Bertz CT molecular complexity index is 834. The molecule has 8 nitrogen and oxygen atoms in total. The van der Waals surface area contributed by atoms with Crippen LogP contribution in [0, 0.1) is 10.1 Å². The minimum Gasteiger partial charge on any atom is -0.477 e. The molecule has 1 unspecified atom stereocenters. The van der Waals surface area contributed by atoms with Crippen molar-refractivity contribution < 1.29 is 19.2 Å². The van der Waals surface area contributed by atoms with Crippen molar-refractivity contribution in [3.8, 4) is 5.75 Å². The number of anilines is 1. The summed E-state index contributed by atoms with van der Waals surface area (Å²) in [7, 11) is 1.49. The fourth-order valence-electron chi connectivity index (χ4n) is 2.61. The van der Waals surface area contributed by atoms with E-state index in [2.05, 4.69) is 5.32 Å². The third kappa shape index (κ3) is 3.14. The average molecular weight is 341 g/mol. The Kier molecular flexibility index (Phi) is 4.34. The van der Waals surface area contributed by atoms with Crippen LogP contribution < -0.4 is 15.0 Å². The summed E-state index contributed by atoms with van der Waals surface area (Å²) in [5.41, 5.74) is 0.742. The molecule has 0 spiro atoms. The van der Waals surface area contributed by atoms with Gasteiger partial charge >= 0.3 is 0 Å². The number of para-hydroxylation sites is 2. The van der Waals surface area contributed by atoms with Gasteiger partial charge in [-0.1, -0.05) is 12.1 Å². The minimum absolute atomic E-state index is 0.0481. The summed E-state index contributed by atoms with van der Waals surface area (Å²) < 4.78 is 5.66. The molecule has 3 rings (SSSR count). The number of nitrogens with zero attached hydrogens (tertiary/aromatic N) is 2. The summed E-state index contributed by atoms with van der Waals surface area (Å²) in [6.07, 6.45) is -0.832. The van der Waals surface area contributed by atoms with Gasteiger partial charge < -0.3 is 15.0 Å². The Morgan fingerprint density at radius 3 is 2.52 bits per heavy atom. The molecule has 8 heteroatoms. The number of fused-ring (bicyclic) bond motifs is 1. The number of nitro groups is 1. The molecule has 0 saturated carbocycles. The second kappa shape index (κ2) is 6.60. The first-order valence-corrected chi connectivity index (χ1v) is 7.55. The number of amides is 2. The summed E-state index contributed by atoms with van der Waals surface area (Å²) in [5.74, 6) is -0.270. The molecule has 2 aromatic carbocycles. The van der Waals surface area contributed by atoms with Crippen LogP contribution in [0.2, 0.25) is 0 Å². The Balaban J connectivity index is 1.94. The van der Waals surface area contributed by atoms with Crippen LogP contribution in [-0.2, 0) is 4.79 Å². The van der Waals surface area contributed by atoms with E-state index < -0.39 is 11.0 Å². The third-order valence-corrected chi connectivity index (χ3v) is 3.88. The summed E-state index contributed by atoms with van der Waals surface area (Å²) in [6, 6.07) is 12.3. The van der Waals surface area contributed by atoms with E-state index in [9.17, 15) is 19.7 Å². The smallest absolute Gasteiger partial charge is 0.269 e. The largest absolute Gasteiger partial charge is 0.477 e. The average Bonchev–Trinajstić information content (AvgIpc) is 2.65. The normalized spacial score (nSPS) is 15.7. The molecular formula is C17H15N3O5. The third-order valence-electron chi connectivity index (χ3n) is 3.88. The molecule has 25 heavy (non-hydrogen) atoms. The zero-order chi connectivity index (χ0) is 18.0. The highest BCUT2D eigenvalue weighted by atomic mass is 16.6. The predicted octanol–water partition coefficient (Wildman–Crippen LogP) is 1.75. The first kappa shape index (κ1) is 16.4. The van der Waals surface area contributed by atoms with Crippen molar-refractivity contribution >= 4 is 23.2 Å². The first-order valence-electron chi connectivity index (χ1n) is 7.55. The lowest BCUT2D eigenvalue weighted by Gasteiger charge is -2.34. The van der Waals surface area contributed by atoms with E-state index in [0.29, 0.717) is 11.4 Å². The number of nitro benzene ring substituents is 1. The fourth-order valence-corrected chi connectivity index (χ4v) is 2.61. The number of carbonyl (C=O) groups excluding carboxylic acids is 2. The zero-order valence-electron chi connectivity index (χ0n) is 13.3. The van der Waals surface area contributed by atoms with E-state index >= 15 is 0 Å². The molecule has 1 heterocycles. The van der Waals surface area contributed by atoms with Crippen LogP contribution in [0.1, 0.15) is 10.4 Å². The molecule has 1 aliphatic heterocycles. The van der Waals surface area contributed by atoms with Gasteiger partial charge in [-0.25, -0.2) is 0 Å². The van der Waals surface area contributed by atoms with Crippen molar-refractivity contribution in [1.82, 2.24) is 5.32 Å². The molecule has 0 radical (unpaired) electrons. The molecule has 2 amide bonds. The fraction of sp³-hybridized carbons (Fsp3) is 0.176. The van der Waals surface area contributed by atoms with Gasteiger partial charge in [0.05, 0.1) is 17.2 Å². The van der Waals surface area contributed by atoms with Crippen LogP contribution in [-0.4, -0.2) is 36.4 Å². The number of rotatable bonds is 3. The number of carbonyl (C=O) groups is 2.